The van der Waals surface area contributed by atoms with E-state index in [1.165, 1.54) is 11.5 Å². The largest absolute Gasteiger partial charge is 0.493 e. The summed E-state index contributed by atoms with van der Waals surface area (Å²) in [6.07, 6.45) is 2.47. The van der Waals surface area contributed by atoms with Gasteiger partial charge in [-0.05, 0) is 42.5 Å². The lowest BCUT2D eigenvalue weighted by atomic mass is 10.1. The highest BCUT2D eigenvalue weighted by molar-refractivity contribution is 7.99. The van der Waals surface area contributed by atoms with E-state index in [1.807, 2.05) is 30.0 Å². The molecule has 21 heavy (non-hydrogen) atoms. The van der Waals surface area contributed by atoms with Crippen LogP contribution in [-0.4, -0.2) is 34.9 Å². The van der Waals surface area contributed by atoms with Crippen molar-refractivity contribution >= 4 is 17.6 Å². The zero-order valence-corrected chi connectivity index (χ0v) is 12.8. The van der Waals surface area contributed by atoms with E-state index >= 15 is 0 Å². The predicted octanol–water partition coefficient (Wildman–Crippen LogP) is 2.94. The number of aromatic nitrogens is 2. The number of nitrogens with two attached hydrogens (primary N) is 1. The summed E-state index contributed by atoms with van der Waals surface area (Å²) in [6, 6.07) is 7.68. The number of nitrogens with zero attached hydrogens (tertiary/aromatic N) is 1. The lowest BCUT2D eigenvalue weighted by Crippen LogP contribution is -2.22. The SMILES string of the molecule is COc1cc(-c2cc(N)n[nH]2)ccc1OC1CCSCC1. The maximum Gasteiger partial charge on any atom is 0.161 e. The maximum absolute atomic E-state index is 6.08. The molecule has 1 aromatic carbocycles. The first kappa shape index (κ1) is 14.1. The fourth-order valence-electron chi connectivity index (χ4n) is 2.39. The lowest BCUT2D eigenvalue weighted by Gasteiger charge is -2.23. The van der Waals surface area contributed by atoms with Crippen LogP contribution >= 0.6 is 11.8 Å². The van der Waals surface area contributed by atoms with Crippen molar-refractivity contribution in [3.05, 3.63) is 24.3 Å². The van der Waals surface area contributed by atoms with E-state index in [9.17, 15) is 0 Å². The molecular formula is C15H19N3O2S. The molecule has 3 rings (SSSR count). The minimum absolute atomic E-state index is 0.286. The Morgan fingerprint density at radius 1 is 1.24 bits per heavy atom. The highest BCUT2D eigenvalue weighted by Crippen LogP contribution is 2.34. The molecule has 0 bridgehead atoms. The van der Waals surface area contributed by atoms with Crippen LogP contribution in [0.5, 0.6) is 11.5 Å². The molecule has 0 amide bonds. The van der Waals surface area contributed by atoms with Gasteiger partial charge in [0.1, 0.15) is 11.9 Å². The van der Waals surface area contributed by atoms with Crippen LogP contribution < -0.4 is 15.2 Å². The predicted molar refractivity (Wildman–Crippen MR) is 86.0 cm³/mol. The molecule has 0 radical (unpaired) electrons. The Kier molecular flexibility index (Phi) is 4.24. The number of H-pyrrole nitrogens is 1. The molecule has 0 aliphatic carbocycles. The Morgan fingerprint density at radius 3 is 2.71 bits per heavy atom. The van der Waals surface area contributed by atoms with Gasteiger partial charge >= 0.3 is 0 Å². The van der Waals surface area contributed by atoms with Gasteiger partial charge in [0.2, 0.25) is 0 Å². The van der Waals surface area contributed by atoms with E-state index in [0.717, 1.165) is 35.6 Å². The van der Waals surface area contributed by atoms with Crippen LogP contribution in [0.1, 0.15) is 12.8 Å². The quantitative estimate of drug-likeness (QED) is 0.908. The number of thioether (sulfide) groups is 1. The van der Waals surface area contributed by atoms with Crippen LogP contribution in [0.25, 0.3) is 11.3 Å². The van der Waals surface area contributed by atoms with Crippen molar-refractivity contribution < 1.29 is 9.47 Å². The van der Waals surface area contributed by atoms with Crippen molar-refractivity contribution in [1.29, 1.82) is 0 Å². The number of rotatable bonds is 4. The summed E-state index contributed by atoms with van der Waals surface area (Å²) in [4.78, 5) is 0. The highest BCUT2D eigenvalue weighted by atomic mass is 32.2. The summed E-state index contributed by atoms with van der Waals surface area (Å²) in [5.41, 5.74) is 7.48. The average Bonchev–Trinajstić information content (AvgIpc) is 2.95. The normalized spacial score (nSPS) is 15.9. The fraction of sp³-hybridized carbons (Fsp3) is 0.400. The molecule has 1 aromatic heterocycles. The van der Waals surface area contributed by atoms with Crippen molar-refractivity contribution in [3.8, 4) is 22.8 Å². The second-order valence-electron chi connectivity index (χ2n) is 5.00. The molecule has 6 heteroatoms. The average molecular weight is 305 g/mol. The van der Waals surface area contributed by atoms with Crippen molar-refractivity contribution in [2.75, 3.05) is 24.3 Å². The van der Waals surface area contributed by atoms with E-state index in [4.69, 9.17) is 15.2 Å². The number of ether oxygens (including phenoxy) is 2. The van der Waals surface area contributed by atoms with Crippen LogP contribution in [0.3, 0.4) is 0 Å². The van der Waals surface area contributed by atoms with E-state index in [0.29, 0.717) is 5.82 Å². The molecule has 0 unspecified atom stereocenters. The summed E-state index contributed by atoms with van der Waals surface area (Å²) >= 11 is 1.99. The second kappa shape index (κ2) is 6.30. The number of benzene rings is 1. The van der Waals surface area contributed by atoms with E-state index < -0.39 is 0 Å². The maximum atomic E-state index is 6.08. The first-order valence-electron chi connectivity index (χ1n) is 7.00. The minimum atomic E-state index is 0.286. The van der Waals surface area contributed by atoms with Crippen LogP contribution in [0.15, 0.2) is 24.3 Å². The molecular weight excluding hydrogens is 286 g/mol. The molecule has 0 spiro atoms. The standard InChI is InChI=1S/C15H19N3O2S/c1-19-14-8-10(12-9-15(16)18-17-12)2-3-13(14)20-11-4-6-21-7-5-11/h2-3,8-9,11H,4-7H2,1H3,(H3,16,17,18). The molecule has 3 N–H and O–H groups in total. The third kappa shape index (κ3) is 3.26. The number of methoxy groups -OCH3 is 1. The molecule has 0 saturated carbocycles. The third-order valence-electron chi connectivity index (χ3n) is 3.53. The molecule has 1 aliphatic heterocycles. The molecule has 2 aromatic rings. The van der Waals surface area contributed by atoms with Crippen LogP contribution in [0.2, 0.25) is 0 Å². The van der Waals surface area contributed by atoms with Crippen LogP contribution in [0.4, 0.5) is 5.82 Å². The number of hydrogen-bond acceptors (Lipinski definition) is 5. The number of hydrogen-bond donors (Lipinski definition) is 2. The van der Waals surface area contributed by atoms with Crippen molar-refractivity contribution in [2.45, 2.75) is 18.9 Å². The highest BCUT2D eigenvalue weighted by Gasteiger charge is 2.17. The van der Waals surface area contributed by atoms with Gasteiger partial charge in [0, 0.05) is 11.6 Å². The first-order chi connectivity index (χ1) is 10.3. The van der Waals surface area contributed by atoms with Crippen molar-refractivity contribution in [2.24, 2.45) is 0 Å². The monoisotopic (exact) mass is 305 g/mol. The summed E-state index contributed by atoms with van der Waals surface area (Å²) < 4.78 is 11.5. The Labute approximate surface area is 128 Å². The summed E-state index contributed by atoms with van der Waals surface area (Å²) in [7, 11) is 1.66. The molecule has 2 heterocycles. The number of anilines is 1. The first-order valence-corrected chi connectivity index (χ1v) is 8.15. The topological polar surface area (TPSA) is 73.2 Å². The summed E-state index contributed by atoms with van der Waals surface area (Å²) in [5, 5.41) is 6.84. The van der Waals surface area contributed by atoms with Crippen molar-refractivity contribution in [1.82, 2.24) is 10.2 Å². The molecule has 1 aliphatic rings. The van der Waals surface area contributed by atoms with Gasteiger partial charge in [-0.15, -0.1) is 0 Å². The number of nitrogen functional groups attached to an aromatic ring is 1. The molecule has 112 valence electrons. The van der Waals surface area contributed by atoms with Gasteiger partial charge in [0.25, 0.3) is 0 Å². The van der Waals surface area contributed by atoms with Gasteiger partial charge in [-0.2, -0.15) is 16.9 Å². The van der Waals surface area contributed by atoms with Crippen LogP contribution in [-0.2, 0) is 0 Å². The molecule has 5 nitrogen and oxygen atoms in total. The smallest absolute Gasteiger partial charge is 0.161 e. The zero-order valence-electron chi connectivity index (χ0n) is 12.0. The van der Waals surface area contributed by atoms with Gasteiger partial charge in [-0.3, -0.25) is 5.10 Å². The van der Waals surface area contributed by atoms with Gasteiger partial charge in [-0.1, -0.05) is 0 Å². The Balaban J connectivity index is 1.81. The van der Waals surface area contributed by atoms with Crippen molar-refractivity contribution in [3.63, 3.8) is 0 Å². The number of aromatic amines is 1. The van der Waals surface area contributed by atoms with Gasteiger partial charge in [0.15, 0.2) is 11.5 Å². The Bertz CT molecular complexity index is 609. The molecule has 0 atom stereocenters. The second-order valence-corrected chi connectivity index (χ2v) is 6.23. The zero-order chi connectivity index (χ0) is 14.7. The van der Waals surface area contributed by atoms with Crippen LogP contribution in [0, 0.1) is 0 Å². The Morgan fingerprint density at radius 2 is 2.05 bits per heavy atom. The molecule has 1 saturated heterocycles. The number of nitrogens with one attached hydrogen (secondary N) is 1. The fourth-order valence-corrected chi connectivity index (χ4v) is 3.45. The third-order valence-corrected chi connectivity index (χ3v) is 4.58. The van der Waals surface area contributed by atoms with E-state index in [2.05, 4.69) is 10.2 Å². The van der Waals surface area contributed by atoms with Gasteiger partial charge in [-0.25, -0.2) is 0 Å². The van der Waals surface area contributed by atoms with E-state index in [-0.39, 0.29) is 6.10 Å². The van der Waals surface area contributed by atoms with E-state index in [1.54, 1.807) is 13.2 Å². The summed E-state index contributed by atoms with van der Waals surface area (Å²) in [5.74, 6) is 4.34. The van der Waals surface area contributed by atoms with Gasteiger partial charge < -0.3 is 15.2 Å². The lowest BCUT2D eigenvalue weighted by molar-refractivity contribution is 0.184. The minimum Gasteiger partial charge on any atom is -0.493 e. The summed E-state index contributed by atoms with van der Waals surface area (Å²) in [6.45, 7) is 0. The molecule has 1 fully saturated rings. The van der Waals surface area contributed by atoms with Gasteiger partial charge in [0.05, 0.1) is 12.8 Å². The Hall–Kier alpha value is -1.82.